The summed E-state index contributed by atoms with van der Waals surface area (Å²) in [7, 11) is 0. The minimum absolute atomic E-state index is 0.397. The second-order valence-electron chi connectivity index (χ2n) is 5.56. The molecule has 1 N–H and O–H groups in total. The van der Waals surface area contributed by atoms with Crippen molar-refractivity contribution < 1.29 is 14.3 Å². The van der Waals surface area contributed by atoms with E-state index < -0.39 is 6.09 Å². The van der Waals surface area contributed by atoms with E-state index in [4.69, 9.17) is 9.47 Å². The topological polar surface area (TPSA) is 50.8 Å². The van der Waals surface area contributed by atoms with Crippen molar-refractivity contribution >= 4 is 11.8 Å². The highest BCUT2D eigenvalue weighted by Crippen LogP contribution is 2.12. The molecule has 5 heteroatoms. The Balaban J connectivity index is 1.69. The summed E-state index contributed by atoms with van der Waals surface area (Å²) in [5.41, 5.74) is 1.78. The maximum Gasteiger partial charge on any atom is 0.411 e. The number of rotatable bonds is 8. The van der Waals surface area contributed by atoms with Crippen molar-refractivity contribution in [3.63, 3.8) is 0 Å². The summed E-state index contributed by atoms with van der Waals surface area (Å²) in [5.74, 6) is 0. The van der Waals surface area contributed by atoms with Crippen LogP contribution in [0.4, 0.5) is 10.5 Å². The Labute approximate surface area is 132 Å². The predicted octanol–water partition coefficient (Wildman–Crippen LogP) is 3.26. The number of ether oxygens (including phenoxy) is 2. The van der Waals surface area contributed by atoms with Crippen LogP contribution in [0.2, 0.25) is 0 Å². The zero-order valence-corrected chi connectivity index (χ0v) is 13.3. The van der Waals surface area contributed by atoms with Gasteiger partial charge < -0.3 is 9.47 Å². The van der Waals surface area contributed by atoms with Crippen molar-refractivity contribution in [2.75, 3.05) is 38.2 Å². The molecule has 0 atom stereocenters. The van der Waals surface area contributed by atoms with Gasteiger partial charge in [-0.3, -0.25) is 10.2 Å². The predicted molar refractivity (Wildman–Crippen MR) is 87.0 cm³/mol. The van der Waals surface area contributed by atoms with Gasteiger partial charge in [0.1, 0.15) is 6.61 Å². The number of nitrogens with one attached hydrogen (secondary N) is 1. The van der Waals surface area contributed by atoms with Gasteiger partial charge in [0.2, 0.25) is 0 Å². The maximum atomic E-state index is 11.8. The molecule has 2 rings (SSSR count). The van der Waals surface area contributed by atoms with Gasteiger partial charge in [0, 0.05) is 18.8 Å². The Bertz CT molecular complexity index is 459. The lowest BCUT2D eigenvalue weighted by Crippen LogP contribution is -2.26. The van der Waals surface area contributed by atoms with Crippen molar-refractivity contribution in [2.24, 2.45) is 0 Å². The average Bonchev–Trinajstić information content (AvgIpc) is 3.01. The number of likely N-dealkylation sites (tertiary alicyclic amines) is 1. The Morgan fingerprint density at radius 2 is 2.09 bits per heavy atom. The van der Waals surface area contributed by atoms with E-state index in [0.717, 1.165) is 43.9 Å². The third-order valence-corrected chi connectivity index (χ3v) is 3.63. The van der Waals surface area contributed by atoms with Crippen LogP contribution in [-0.4, -0.2) is 43.8 Å². The SMILES string of the molecule is CCCOCc1cccc(NC(=O)OCCN2CCCC2)c1. The molecule has 1 fully saturated rings. The number of nitrogens with zero attached hydrogens (tertiary/aromatic N) is 1. The third kappa shape index (κ3) is 6.03. The fourth-order valence-corrected chi connectivity index (χ4v) is 2.50. The van der Waals surface area contributed by atoms with Crippen LogP contribution in [0.15, 0.2) is 24.3 Å². The number of hydrogen-bond donors (Lipinski definition) is 1. The first kappa shape index (κ1) is 16.8. The zero-order valence-electron chi connectivity index (χ0n) is 13.3. The van der Waals surface area contributed by atoms with E-state index in [0.29, 0.717) is 13.2 Å². The average molecular weight is 306 g/mol. The van der Waals surface area contributed by atoms with Crippen molar-refractivity contribution in [2.45, 2.75) is 32.8 Å². The molecule has 1 aliphatic heterocycles. The molecule has 0 radical (unpaired) electrons. The van der Waals surface area contributed by atoms with Gasteiger partial charge >= 0.3 is 6.09 Å². The Kier molecular flexibility index (Phi) is 7.19. The van der Waals surface area contributed by atoms with Crippen LogP contribution in [0.3, 0.4) is 0 Å². The first-order chi connectivity index (χ1) is 10.8. The molecule has 0 aliphatic carbocycles. The van der Waals surface area contributed by atoms with Gasteiger partial charge in [-0.05, 0) is 50.0 Å². The monoisotopic (exact) mass is 306 g/mol. The van der Waals surface area contributed by atoms with Gasteiger partial charge in [-0.2, -0.15) is 0 Å². The number of benzene rings is 1. The van der Waals surface area contributed by atoms with E-state index in [9.17, 15) is 4.79 Å². The number of hydrogen-bond acceptors (Lipinski definition) is 4. The van der Waals surface area contributed by atoms with E-state index in [1.54, 1.807) is 0 Å². The molecule has 22 heavy (non-hydrogen) atoms. The summed E-state index contributed by atoms with van der Waals surface area (Å²) in [6.45, 7) is 6.87. The highest BCUT2D eigenvalue weighted by atomic mass is 16.5. The van der Waals surface area contributed by atoms with Gasteiger partial charge in [-0.1, -0.05) is 19.1 Å². The van der Waals surface area contributed by atoms with Crippen LogP contribution >= 0.6 is 0 Å². The van der Waals surface area contributed by atoms with Crippen molar-refractivity contribution in [3.8, 4) is 0 Å². The summed E-state index contributed by atoms with van der Waals surface area (Å²) in [4.78, 5) is 14.1. The van der Waals surface area contributed by atoms with Crippen LogP contribution in [0, 0.1) is 0 Å². The van der Waals surface area contributed by atoms with E-state index >= 15 is 0 Å². The number of carbonyl (C=O) groups excluding carboxylic acids is 1. The van der Waals surface area contributed by atoms with Crippen LogP contribution in [0.1, 0.15) is 31.7 Å². The smallest absolute Gasteiger partial charge is 0.411 e. The van der Waals surface area contributed by atoms with Gasteiger partial charge in [-0.15, -0.1) is 0 Å². The normalized spacial score (nSPS) is 15.0. The summed E-state index contributed by atoms with van der Waals surface area (Å²) >= 11 is 0. The number of carbonyl (C=O) groups is 1. The Morgan fingerprint density at radius 3 is 2.86 bits per heavy atom. The first-order valence-electron chi connectivity index (χ1n) is 8.10. The summed E-state index contributed by atoms with van der Waals surface area (Å²) in [6, 6.07) is 7.66. The standard InChI is InChI=1S/C17H26N2O3/c1-2-11-21-14-15-6-5-7-16(13-15)18-17(20)22-12-10-19-8-3-4-9-19/h5-7,13H,2-4,8-12,14H2,1H3,(H,18,20). The molecule has 0 saturated carbocycles. The molecule has 1 amide bonds. The Hall–Kier alpha value is -1.59. The molecule has 1 aliphatic rings. The highest BCUT2D eigenvalue weighted by Gasteiger charge is 2.11. The molecule has 1 heterocycles. The minimum Gasteiger partial charge on any atom is -0.448 e. The maximum absolute atomic E-state index is 11.8. The zero-order chi connectivity index (χ0) is 15.6. The van der Waals surface area contributed by atoms with Crippen molar-refractivity contribution in [1.29, 1.82) is 0 Å². The fraction of sp³-hybridized carbons (Fsp3) is 0.588. The van der Waals surface area contributed by atoms with E-state index in [1.165, 1.54) is 12.8 Å². The van der Waals surface area contributed by atoms with Gasteiger partial charge in [0.25, 0.3) is 0 Å². The van der Waals surface area contributed by atoms with Crippen molar-refractivity contribution in [1.82, 2.24) is 4.90 Å². The third-order valence-electron chi connectivity index (χ3n) is 3.63. The lowest BCUT2D eigenvalue weighted by atomic mass is 10.2. The molecule has 122 valence electrons. The lowest BCUT2D eigenvalue weighted by Gasteiger charge is -2.14. The quantitative estimate of drug-likeness (QED) is 0.749. The molecule has 5 nitrogen and oxygen atoms in total. The molecule has 0 aromatic heterocycles. The Morgan fingerprint density at radius 1 is 1.27 bits per heavy atom. The van der Waals surface area contributed by atoms with Crippen LogP contribution < -0.4 is 5.32 Å². The van der Waals surface area contributed by atoms with E-state index in [-0.39, 0.29) is 0 Å². The lowest BCUT2D eigenvalue weighted by molar-refractivity contribution is 0.121. The molecular weight excluding hydrogens is 280 g/mol. The molecule has 0 spiro atoms. The molecular formula is C17H26N2O3. The number of anilines is 1. The minimum atomic E-state index is -0.397. The van der Waals surface area contributed by atoms with Gasteiger partial charge in [0.05, 0.1) is 6.61 Å². The fourth-order valence-electron chi connectivity index (χ4n) is 2.50. The van der Waals surface area contributed by atoms with Crippen LogP contribution in [-0.2, 0) is 16.1 Å². The second-order valence-corrected chi connectivity index (χ2v) is 5.56. The molecule has 0 unspecified atom stereocenters. The largest absolute Gasteiger partial charge is 0.448 e. The highest BCUT2D eigenvalue weighted by molar-refractivity contribution is 5.84. The van der Waals surface area contributed by atoms with Crippen molar-refractivity contribution in [3.05, 3.63) is 29.8 Å². The van der Waals surface area contributed by atoms with E-state index in [2.05, 4.69) is 17.1 Å². The number of amides is 1. The summed E-state index contributed by atoms with van der Waals surface area (Å²) in [6.07, 6.45) is 3.10. The van der Waals surface area contributed by atoms with Crippen LogP contribution in [0.25, 0.3) is 0 Å². The van der Waals surface area contributed by atoms with E-state index in [1.807, 2.05) is 24.3 Å². The van der Waals surface area contributed by atoms with Gasteiger partial charge in [-0.25, -0.2) is 4.79 Å². The molecule has 0 bridgehead atoms. The van der Waals surface area contributed by atoms with Gasteiger partial charge in [0.15, 0.2) is 0 Å². The first-order valence-corrected chi connectivity index (χ1v) is 8.10. The molecule has 1 saturated heterocycles. The summed E-state index contributed by atoms with van der Waals surface area (Å²) in [5, 5.41) is 2.76. The van der Waals surface area contributed by atoms with Crippen LogP contribution in [0.5, 0.6) is 0 Å². The second kappa shape index (κ2) is 9.43. The molecule has 1 aromatic carbocycles. The summed E-state index contributed by atoms with van der Waals surface area (Å²) < 4.78 is 10.7. The molecule has 1 aromatic rings.